The summed E-state index contributed by atoms with van der Waals surface area (Å²) in [4.78, 5) is 4.81. The fourth-order valence-corrected chi connectivity index (χ4v) is 2.59. The Morgan fingerprint density at radius 3 is 2.17 bits per heavy atom. The first-order valence-electron chi connectivity index (χ1n) is 6.84. The highest BCUT2D eigenvalue weighted by molar-refractivity contribution is 5.21. The van der Waals surface area contributed by atoms with Crippen LogP contribution in [0.25, 0.3) is 0 Å². The molecule has 0 aliphatic carbocycles. The van der Waals surface area contributed by atoms with Crippen molar-refractivity contribution in [2.75, 3.05) is 39.3 Å². The van der Waals surface area contributed by atoms with Crippen LogP contribution in [-0.2, 0) is 5.60 Å². The third-order valence-corrected chi connectivity index (χ3v) is 3.84. The molecule has 18 heavy (non-hydrogen) atoms. The maximum Gasteiger partial charge on any atom is 0.0994 e. The van der Waals surface area contributed by atoms with Crippen molar-refractivity contribution in [3.05, 3.63) is 35.9 Å². The summed E-state index contributed by atoms with van der Waals surface area (Å²) in [6.07, 6.45) is 0. The Balaban J connectivity index is 1.93. The largest absolute Gasteiger partial charge is 0.384 e. The molecule has 0 spiro atoms. The van der Waals surface area contributed by atoms with Gasteiger partial charge in [0.05, 0.1) is 5.60 Å². The number of aliphatic hydroxyl groups is 1. The predicted molar refractivity (Wildman–Crippen MR) is 74.6 cm³/mol. The summed E-state index contributed by atoms with van der Waals surface area (Å²) >= 11 is 0. The second-order valence-electron chi connectivity index (χ2n) is 5.35. The Morgan fingerprint density at radius 2 is 1.61 bits per heavy atom. The van der Waals surface area contributed by atoms with Gasteiger partial charge in [-0.1, -0.05) is 37.3 Å². The molecule has 0 amide bonds. The van der Waals surface area contributed by atoms with Crippen molar-refractivity contribution in [3.63, 3.8) is 0 Å². The Labute approximate surface area is 110 Å². The molecule has 1 aliphatic heterocycles. The lowest BCUT2D eigenvalue weighted by Crippen LogP contribution is -2.50. The van der Waals surface area contributed by atoms with Gasteiger partial charge in [0.25, 0.3) is 0 Å². The van der Waals surface area contributed by atoms with Gasteiger partial charge < -0.3 is 10.0 Å². The fourth-order valence-electron chi connectivity index (χ4n) is 2.59. The standard InChI is InChI=1S/C15H24N2O/c1-3-16-9-11-17(12-10-16)13-15(2,18)14-7-5-4-6-8-14/h4-8,18H,3,9-13H2,1-2H3. The zero-order chi connectivity index (χ0) is 13.0. The molecule has 1 saturated heterocycles. The van der Waals surface area contributed by atoms with E-state index in [4.69, 9.17) is 0 Å². The molecule has 0 radical (unpaired) electrons. The number of piperazine rings is 1. The predicted octanol–water partition coefficient (Wildman–Crippen LogP) is 1.53. The van der Waals surface area contributed by atoms with E-state index in [0.29, 0.717) is 6.54 Å². The van der Waals surface area contributed by atoms with Gasteiger partial charge in [-0.15, -0.1) is 0 Å². The van der Waals surface area contributed by atoms with Crippen LogP contribution in [-0.4, -0.2) is 54.2 Å². The number of benzene rings is 1. The first kappa shape index (κ1) is 13.5. The fraction of sp³-hybridized carbons (Fsp3) is 0.600. The van der Waals surface area contributed by atoms with Gasteiger partial charge in [0.15, 0.2) is 0 Å². The molecule has 2 rings (SSSR count). The third kappa shape index (κ3) is 3.31. The monoisotopic (exact) mass is 248 g/mol. The molecule has 1 fully saturated rings. The third-order valence-electron chi connectivity index (χ3n) is 3.84. The normalized spacial score (nSPS) is 21.7. The number of hydrogen-bond donors (Lipinski definition) is 1. The molecule has 0 bridgehead atoms. The van der Waals surface area contributed by atoms with Gasteiger partial charge in [-0.2, -0.15) is 0 Å². The van der Waals surface area contributed by atoms with Gasteiger partial charge in [-0.05, 0) is 19.0 Å². The topological polar surface area (TPSA) is 26.7 Å². The van der Waals surface area contributed by atoms with Crippen molar-refractivity contribution < 1.29 is 5.11 Å². The Morgan fingerprint density at radius 1 is 1.06 bits per heavy atom. The average molecular weight is 248 g/mol. The van der Waals surface area contributed by atoms with Crippen LogP contribution in [0.15, 0.2) is 30.3 Å². The summed E-state index contributed by atoms with van der Waals surface area (Å²) in [6.45, 7) is 10.3. The van der Waals surface area contributed by atoms with Crippen molar-refractivity contribution in [2.45, 2.75) is 19.4 Å². The molecule has 100 valence electrons. The zero-order valence-corrected chi connectivity index (χ0v) is 11.5. The van der Waals surface area contributed by atoms with Crippen LogP contribution in [0.2, 0.25) is 0 Å². The maximum absolute atomic E-state index is 10.6. The van der Waals surface area contributed by atoms with Crippen LogP contribution >= 0.6 is 0 Å². The molecule has 3 heteroatoms. The maximum atomic E-state index is 10.6. The number of nitrogens with zero attached hydrogens (tertiary/aromatic N) is 2. The molecule has 0 aromatic heterocycles. The van der Waals surface area contributed by atoms with Crippen molar-refractivity contribution in [1.82, 2.24) is 9.80 Å². The van der Waals surface area contributed by atoms with Crippen LogP contribution in [0.1, 0.15) is 19.4 Å². The lowest BCUT2D eigenvalue weighted by Gasteiger charge is -2.38. The van der Waals surface area contributed by atoms with Gasteiger partial charge in [0.2, 0.25) is 0 Å². The Bertz CT molecular complexity index is 356. The van der Waals surface area contributed by atoms with Crippen LogP contribution in [0.3, 0.4) is 0 Å². The van der Waals surface area contributed by atoms with Crippen LogP contribution in [0.5, 0.6) is 0 Å². The Kier molecular flexibility index (Phi) is 4.38. The molecule has 0 saturated carbocycles. The molecule has 3 nitrogen and oxygen atoms in total. The van der Waals surface area contributed by atoms with E-state index in [9.17, 15) is 5.11 Å². The smallest absolute Gasteiger partial charge is 0.0994 e. The molecule has 1 aliphatic rings. The lowest BCUT2D eigenvalue weighted by molar-refractivity contribution is 0.00108. The van der Waals surface area contributed by atoms with Crippen molar-refractivity contribution in [1.29, 1.82) is 0 Å². The minimum Gasteiger partial charge on any atom is -0.384 e. The molecular weight excluding hydrogens is 224 g/mol. The van der Waals surface area contributed by atoms with Crippen LogP contribution in [0.4, 0.5) is 0 Å². The SMILES string of the molecule is CCN1CCN(CC(C)(O)c2ccccc2)CC1. The summed E-state index contributed by atoms with van der Waals surface area (Å²) in [5, 5.41) is 10.6. The van der Waals surface area contributed by atoms with E-state index in [1.807, 2.05) is 37.3 Å². The minimum atomic E-state index is -0.754. The van der Waals surface area contributed by atoms with Gasteiger partial charge in [0.1, 0.15) is 0 Å². The molecule has 1 aromatic carbocycles. The first-order valence-corrected chi connectivity index (χ1v) is 6.84. The van der Waals surface area contributed by atoms with Gasteiger partial charge in [0, 0.05) is 32.7 Å². The van der Waals surface area contributed by atoms with Crippen molar-refractivity contribution >= 4 is 0 Å². The van der Waals surface area contributed by atoms with E-state index < -0.39 is 5.60 Å². The first-order chi connectivity index (χ1) is 8.62. The number of likely N-dealkylation sites (N-methyl/N-ethyl adjacent to an activating group) is 1. The highest BCUT2D eigenvalue weighted by atomic mass is 16.3. The molecule has 1 atom stereocenters. The molecular formula is C15H24N2O. The highest BCUT2D eigenvalue weighted by Crippen LogP contribution is 2.22. The van der Waals surface area contributed by atoms with Crippen molar-refractivity contribution in [2.24, 2.45) is 0 Å². The van der Waals surface area contributed by atoms with E-state index in [2.05, 4.69) is 16.7 Å². The highest BCUT2D eigenvalue weighted by Gasteiger charge is 2.27. The van der Waals surface area contributed by atoms with Crippen LogP contribution in [0, 0.1) is 0 Å². The molecule has 1 heterocycles. The van der Waals surface area contributed by atoms with E-state index in [0.717, 1.165) is 38.3 Å². The minimum absolute atomic E-state index is 0.717. The summed E-state index contributed by atoms with van der Waals surface area (Å²) < 4.78 is 0. The zero-order valence-electron chi connectivity index (χ0n) is 11.5. The molecule has 1 N–H and O–H groups in total. The summed E-state index contributed by atoms with van der Waals surface area (Å²) in [5.41, 5.74) is 0.248. The van der Waals surface area contributed by atoms with Crippen molar-refractivity contribution in [3.8, 4) is 0 Å². The summed E-state index contributed by atoms with van der Waals surface area (Å²) in [6, 6.07) is 9.96. The lowest BCUT2D eigenvalue weighted by atomic mass is 9.95. The van der Waals surface area contributed by atoms with E-state index in [-0.39, 0.29) is 0 Å². The van der Waals surface area contributed by atoms with Crippen LogP contribution < -0.4 is 0 Å². The summed E-state index contributed by atoms with van der Waals surface area (Å²) in [5.74, 6) is 0. The number of hydrogen-bond acceptors (Lipinski definition) is 3. The quantitative estimate of drug-likeness (QED) is 0.875. The Hall–Kier alpha value is -0.900. The van der Waals surface area contributed by atoms with Gasteiger partial charge in [-0.25, -0.2) is 0 Å². The molecule has 1 unspecified atom stereocenters. The van der Waals surface area contributed by atoms with Gasteiger partial charge >= 0.3 is 0 Å². The summed E-state index contributed by atoms with van der Waals surface area (Å²) in [7, 11) is 0. The molecule has 1 aromatic rings. The number of β-amino-alcohol motifs (C(OH)–C–C–N with tert-alkyl or cyclic N) is 1. The second kappa shape index (κ2) is 5.83. The average Bonchev–Trinajstić information content (AvgIpc) is 2.40. The number of rotatable bonds is 4. The van der Waals surface area contributed by atoms with E-state index in [1.54, 1.807) is 0 Å². The van der Waals surface area contributed by atoms with E-state index >= 15 is 0 Å². The van der Waals surface area contributed by atoms with Gasteiger partial charge in [-0.3, -0.25) is 4.90 Å². The van der Waals surface area contributed by atoms with E-state index in [1.165, 1.54) is 0 Å². The second-order valence-corrected chi connectivity index (χ2v) is 5.35.